The lowest BCUT2D eigenvalue weighted by Gasteiger charge is -2.36. The monoisotopic (exact) mass is 302 g/mol. The Kier molecular flexibility index (Phi) is 4.84. The van der Waals surface area contributed by atoms with Crippen molar-refractivity contribution in [1.29, 1.82) is 0 Å². The van der Waals surface area contributed by atoms with Crippen LogP contribution < -0.4 is 10.0 Å². The summed E-state index contributed by atoms with van der Waals surface area (Å²) < 4.78 is 24.8. The Morgan fingerprint density at radius 2 is 2.00 bits per heavy atom. The van der Waals surface area contributed by atoms with Crippen molar-refractivity contribution in [2.24, 2.45) is 0 Å². The summed E-state index contributed by atoms with van der Waals surface area (Å²) in [6.45, 7) is 0.489. The third-order valence-corrected chi connectivity index (χ3v) is 5.31. The van der Waals surface area contributed by atoms with E-state index in [4.69, 9.17) is 11.6 Å². The maximum atomic E-state index is 11.2. The molecule has 0 spiro atoms. The summed E-state index contributed by atoms with van der Waals surface area (Å²) in [7, 11) is -1.67. The van der Waals surface area contributed by atoms with Gasteiger partial charge in [0, 0.05) is 17.6 Å². The summed E-state index contributed by atoms with van der Waals surface area (Å²) in [4.78, 5) is 0. The molecule has 1 fully saturated rings. The van der Waals surface area contributed by atoms with E-state index in [1.807, 2.05) is 18.2 Å². The third-order valence-electron chi connectivity index (χ3n) is 3.60. The van der Waals surface area contributed by atoms with Gasteiger partial charge in [-0.3, -0.25) is 0 Å². The summed E-state index contributed by atoms with van der Waals surface area (Å²) in [5.41, 5.74) is 1.20. The Hall–Kier alpha value is -0.620. The Morgan fingerprint density at radius 3 is 2.63 bits per heavy atom. The van der Waals surface area contributed by atoms with Gasteiger partial charge in [0.05, 0.1) is 5.75 Å². The van der Waals surface area contributed by atoms with Crippen molar-refractivity contribution < 1.29 is 8.42 Å². The first-order chi connectivity index (χ1) is 9.02. The van der Waals surface area contributed by atoms with E-state index in [9.17, 15) is 8.42 Å². The number of nitrogens with one attached hydrogen (secondary N) is 2. The van der Waals surface area contributed by atoms with Gasteiger partial charge in [0.2, 0.25) is 10.0 Å². The van der Waals surface area contributed by atoms with E-state index in [1.165, 1.54) is 12.6 Å². The molecular formula is C13H19ClN2O2S. The molecule has 6 heteroatoms. The quantitative estimate of drug-likeness (QED) is 0.841. The van der Waals surface area contributed by atoms with Crippen LogP contribution in [0.15, 0.2) is 24.3 Å². The molecule has 1 aromatic carbocycles. The van der Waals surface area contributed by atoms with Gasteiger partial charge in [-0.1, -0.05) is 29.8 Å². The molecule has 1 aliphatic carbocycles. The van der Waals surface area contributed by atoms with Crippen LogP contribution in [0.4, 0.5) is 0 Å². The first-order valence-electron chi connectivity index (χ1n) is 6.41. The van der Waals surface area contributed by atoms with Crippen LogP contribution in [-0.2, 0) is 10.0 Å². The Morgan fingerprint density at radius 1 is 1.32 bits per heavy atom. The van der Waals surface area contributed by atoms with E-state index < -0.39 is 10.0 Å². The van der Waals surface area contributed by atoms with Gasteiger partial charge in [-0.05, 0) is 37.4 Å². The lowest BCUT2D eigenvalue weighted by molar-refractivity contribution is 0.296. The minimum atomic E-state index is -3.11. The van der Waals surface area contributed by atoms with Gasteiger partial charge in [0.1, 0.15) is 0 Å². The molecule has 0 bridgehead atoms. The van der Waals surface area contributed by atoms with Gasteiger partial charge >= 0.3 is 0 Å². The Balaban J connectivity index is 1.74. The van der Waals surface area contributed by atoms with Crippen LogP contribution in [0.25, 0.3) is 0 Å². The molecule has 0 aromatic heterocycles. The molecule has 19 heavy (non-hydrogen) atoms. The predicted molar refractivity (Wildman–Crippen MR) is 78.1 cm³/mol. The van der Waals surface area contributed by atoms with Crippen LogP contribution in [-0.4, -0.2) is 33.8 Å². The summed E-state index contributed by atoms with van der Waals surface area (Å²) in [5.74, 6) is 0.614. The van der Waals surface area contributed by atoms with Crippen molar-refractivity contribution in [1.82, 2.24) is 10.0 Å². The lowest BCUT2D eigenvalue weighted by atomic mass is 9.76. The summed E-state index contributed by atoms with van der Waals surface area (Å²) in [6, 6.07) is 8.31. The van der Waals surface area contributed by atoms with Crippen molar-refractivity contribution >= 4 is 21.6 Å². The van der Waals surface area contributed by atoms with Gasteiger partial charge in [-0.15, -0.1) is 0 Å². The van der Waals surface area contributed by atoms with E-state index in [2.05, 4.69) is 16.1 Å². The maximum Gasteiger partial charge on any atom is 0.212 e. The molecule has 1 aliphatic rings. The van der Waals surface area contributed by atoms with Crippen LogP contribution in [0, 0.1) is 0 Å². The highest BCUT2D eigenvalue weighted by Gasteiger charge is 2.31. The zero-order chi connectivity index (χ0) is 13.9. The smallest absolute Gasteiger partial charge is 0.212 e. The first-order valence-corrected chi connectivity index (χ1v) is 8.44. The minimum Gasteiger partial charge on any atom is -0.313 e. The fourth-order valence-corrected chi connectivity index (χ4v) is 3.22. The molecule has 0 unspecified atom stereocenters. The number of hydrogen-bond donors (Lipinski definition) is 2. The lowest BCUT2D eigenvalue weighted by Crippen LogP contribution is -2.42. The van der Waals surface area contributed by atoms with Gasteiger partial charge in [-0.2, -0.15) is 0 Å². The second-order valence-corrected chi connectivity index (χ2v) is 7.32. The van der Waals surface area contributed by atoms with Gasteiger partial charge in [0.15, 0.2) is 0 Å². The molecule has 0 atom stereocenters. The summed E-state index contributed by atoms with van der Waals surface area (Å²) >= 11 is 6.15. The van der Waals surface area contributed by atoms with Crippen molar-refractivity contribution in [3.63, 3.8) is 0 Å². The van der Waals surface area contributed by atoms with Crippen molar-refractivity contribution in [2.75, 3.05) is 19.3 Å². The zero-order valence-corrected chi connectivity index (χ0v) is 12.5. The number of sulfonamides is 1. The number of halogens is 1. The zero-order valence-electron chi connectivity index (χ0n) is 10.9. The average Bonchev–Trinajstić information content (AvgIpc) is 2.33. The standard InChI is InChI=1S/C13H19ClN2O2S/c1-15-19(17,18)7-6-16-11-8-10(9-11)12-4-2-3-5-13(12)14/h2-5,10-11,15-16H,6-9H2,1H3. The largest absolute Gasteiger partial charge is 0.313 e. The molecule has 4 nitrogen and oxygen atoms in total. The third kappa shape index (κ3) is 3.92. The normalized spacial score (nSPS) is 23.1. The molecule has 2 rings (SSSR count). The van der Waals surface area contributed by atoms with E-state index in [-0.39, 0.29) is 5.75 Å². The average molecular weight is 303 g/mol. The summed E-state index contributed by atoms with van der Waals surface area (Å²) in [6.07, 6.45) is 2.03. The fraction of sp³-hybridized carbons (Fsp3) is 0.538. The molecule has 2 N–H and O–H groups in total. The molecule has 106 valence electrons. The molecule has 0 heterocycles. The van der Waals surface area contributed by atoms with Crippen molar-refractivity contribution in [2.45, 2.75) is 24.8 Å². The topological polar surface area (TPSA) is 58.2 Å². The summed E-state index contributed by atoms with van der Waals surface area (Å²) in [5, 5.41) is 4.09. The van der Waals surface area contributed by atoms with Crippen molar-refractivity contribution in [3.8, 4) is 0 Å². The predicted octanol–water partition coefficient (Wildman–Crippen LogP) is 1.72. The molecule has 0 amide bonds. The molecule has 0 saturated heterocycles. The van der Waals surface area contributed by atoms with E-state index in [0.717, 1.165) is 17.9 Å². The Labute approximate surface area is 119 Å². The number of rotatable bonds is 6. The van der Waals surface area contributed by atoms with E-state index >= 15 is 0 Å². The van der Waals surface area contributed by atoms with E-state index in [0.29, 0.717) is 18.5 Å². The van der Waals surface area contributed by atoms with Crippen molar-refractivity contribution in [3.05, 3.63) is 34.9 Å². The fourth-order valence-electron chi connectivity index (χ4n) is 2.34. The van der Waals surface area contributed by atoms with Gasteiger partial charge in [-0.25, -0.2) is 13.1 Å². The number of benzene rings is 1. The first kappa shape index (κ1) is 14.8. The van der Waals surface area contributed by atoms with E-state index in [1.54, 1.807) is 0 Å². The molecule has 1 saturated carbocycles. The maximum absolute atomic E-state index is 11.2. The SMILES string of the molecule is CNS(=O)(=O)CCNC1CC(c2ccccc2Cl)C1. The van der Waals surface area contributed by atoms with Crippen LogP contribution in [0.3, 0.4) is 0 Å². The second kappa shape index (κ2) is 6.22. The molecule has 0 radical (unpaired) electrons. The molecule has 1 aromatic rings. The molecular weight excluding hydrogens is 284 g/mol. The van der Waals surface area contributed by atoms with Gasteiger partial charge in [0.25, 0.3) is 0 Å². The number of hydrogen-bond acceptors (Lipinski definition) is 3. The van der Waals surface area contributed by atoms with Gasteiger partial charge < -0.3 is 5.32 Å². The highest BCUT2D eigenvalue weighted by Crippen LogP contribution is 2.39. The highest BCUT2D eigenvalue weighted by molar-refractivity contribution is 7.89. The Bertz CT molecular complexity index is 527. The highest BCUT2D eigenvalue weighted by atomic mass is 35.5. The van der Waals surface area contributed by atoms with Crippen LogP contribution in [0.2, 0.25) is 5.02 Å². The minimum absolute atomic E-state index is 0.122. The van der Waals surface area contributed by atoms with Crippen LogP contribution >= 0.6 is 11.6 Å². The van der Waals surface area contributed by atoms with Crippen LogP contribution in [0.1, 0.15) is 24.3 Å². The second-order valence-electron chi connectivity index (χ2n) is 4.86. The molecule has 0 aliphatic heterocycles. The van der Waals surface area contributed by atoms with Crippen LogP contribution in [0.5, 0.6) is 0 Å².